The van der Waals surface area contributed by atoms with Crippen molar-refractivity contribution in [1.29, 1.82) is 0 Å². The first kappa shape index (κ1) is 12.5. The second-order valence-corrected chi connectivity index (χ2v) is 5.66. The molecule has 3 aliphatic rings. The molecule has 3 rings (SSSR count). The lowest BCUT2D eigenvalue weighted by atomic mass is 9.92. The van der Waals surface area contributed by atoms with Gasteiger partial charge in [0.05, 0.1) is 17.4 Å². The van der Waals surface area contributed by atoms with Crippen molar-refractivity contribution in [2.75, 3.05) is 19.0 Å². The lowest BCUT2D eigenvalue weighted by molar-refractivity contribution is -0.845. The monoisotopic (exact) mass is 286 g/mol. The molecule has 1 unspecified atom stereocenters. The Bertz CT molecular complexity index is 546. The van der Waals surface area contributed by atoms with E-state index in [2.05, 4.69) is 0 Å². The minimum atomic E-state index is -1.54. The largest absolute Gasteiger partial charge is 0.498 e. The lowest BCUT2D eigenvalue weighted by Gasteiger charge is -2.54. The van der Waals surface area contributed by atoms with Crippen LogP contribution in [0.1, 0.15) is 0 Å². The number of β-lactam (4-membered cyclic amide) rings is 1. The van der Waals surface area contributed by atoms with E-state index >= 15 is 0 Å². The highest BCUT2D eigenvalue weighted by atomic mass is 32.2. The van der Waals surface area contributed by atoms with Crippen molar-refractivity contribution in [3.8, 4) is 0 Å². The van der Waals surface area contributed by atoms with Gasteiger partial charge in [0, 0.05) is 5.57 Å². The summed E-state index contributed by atoms with van der Waals surface area (Å²) in [6.45, 7) is -0.464. The molecular weight excluding hydrogens is 276 g/mol. The van der Waals surface area contributed by atoms with Gasteiger partial charge in [-0.05, 0) is 0 Å². The Kier molecular flexibility index (Phi) is 2.43. The number of quaternary nitrogens is 1. The Morgan fingerprint density at radius 2 is 2.21 bits per heavy atom. The van der Waals surface area contributed by atoms with Crippen LogP contribution in [0.15, 0.2) is 10.5 Å². The van der Waals surface area contributed by atoms with Gasteiger partial charge in [0.2, 0.25) is 6.04 Å². The summed E-state index contributed by atoms with van der Waals surface area (Å²) in [5.41, 5.74) is 0.486. The third kappa shape index (κ3) is 1.24. The number of hydrogen-bond donors (Lipinski definition) is 2. The highest BCUT2D eigenvalue weighted by Gasteiger charge is 2.74. The molecule has 19 heavy (non-hydrogen) atoms. The molecule has 0 aromatic heterocycles. The zero-order valence-electron chi connectivity index (χ0n) is 9.61. The average molecular weight is 286 g/mol. The number of thioether (sulfide) groups is 1. The van der Waals surface area contributed by atoms with Crippen LogP contribution in [0.4, 0.5) is 9.59 Å². The van der Waals surface area contributed by atoms with Gasteiger partial charge in [0.25, 0.3) is 6.09 Å². The van der Waals surface area contributed by atoms with Crippen molar-refractivity contribution in [1.82, 2.24) is 4.90 Å². The smallest absolute Gasteiger partial charge is 0.409 e. The van der Waals surface area contributed by atoms with Crippen molar-refractivity contribution in [3.63, 3.8) is 0 Å². The molecule has 9 heteroatoms. The topological polar surface area (TPSA) is 118 Å². The van der Waals surface area contributed by atoms with Crippen LogP contribution in [-0.4, -0.2) is 68.8 Å². The molecule has 0 saturated carbocycles. The molecule has 2 saturated heterocycles. The van der Waals surface area contributed by atoms with E-state index in [1.165, 1.54) is 0 Å². The van der Waals surface area contributed by atoms with Gasteiger partial charge in [-0.1, -0.05) is 0 Å². The molecule has 2 fully saturated rings. The first-order valence-electron chi connectivity index (χ1n) is 5.54. The van der Waals surface area contributed by atoms with E-state index < -0.39 is 34.7 Å². The molecule has 3 amide bonds. The molecule has 0 radical (unpaired) electrons. The maximum atomic E-state index is 12.1. The number of aliphatic hydroxyl groups excluding tert-OH is 1. The quantitative estimate of drug-likeness (QED) is 0.439. The lowest BCUT2D eigenvalue weighted by Crippen LogP contribution is -2.84. The van der Waals surface area contributed by atoms with E-state index in [4.69, 9.17) is 5.11 Å². The van der Waals surface area contributed by atoms with Crippen LogP contribution in [0.3, 0.4) is 0 Å². The Morgan fingerprint density at radius 1 is 1.53 bits per heavy atom. The number of imide groups is 1. The van der Waals surface area contributed by atoms with E-state index in [9.17, 15) is 24.6 Å². The van der Waals surface area contributed by atoms with E-state index in [1.807, 2.05) is 0 Å². The molecule has 0 bridgehead atoms. The summed E-state index contributed by atoms with van der Waals surface area (Å²) in [5, 5.41) is 29.6. The van der Waals surface area contributed by atoms with Gasteiger partial charge < -0.3 is 20.1 Å². The number of nitrogens with zero attached hydrogens (tertiary/aromatic N) is 2. The number of carboxylic acid groups (broad SMARTS) is 2. The minimum absolute atomic E-state index is 0.0636. The first-order chi connectivity index (χ1) is 8.95. The van der Waals surface area contributed by atoms with Crippen LogP contribution < -0.4 is 5.11 Å². The van der Waals surface area contributed by atoms with Crippen LogP contribution in [0.5, 0.6) is 0 Å². The molecule has 3 atom stereocenters. The maximum Gasteiger partial charge on any atom is 0.409 e. The van der Waals surface area contributed by atoms with E-state index in [0.29, 0.717) is 10.5 Å². The SMILES string of the molecule is O=C(O)N1CSC2=C(CO)C[N+]3(C(=O)[O-])C(=O)[C@@H]1[C@@H]23. The molecule has 102 valence electrons. The van der Waals surface area contributed by atoms with Gasteiger partial charge >= 0.3 is 12.0 Å². The highest BCUT2D eigenvalue weighted by molar-refractivity contribution is 8.03. The number of aliphatic hydroxyl groups is 1. The van der Waals surface area contributed by atoms with Gasteiger partial charge in [-0.2, -0.15) is 4.48 Å². The summed E-state index contributed by atoms with van der Waals surface area (Å²) in [5.74, 6) is -0.623. The molecular formula is C10H10N2O6S. The van der Waals surface area contributed by atoms with E-state index in [-0.39, 0.29) is 19.0 Å². The Labute approximate surface area is 111 Å². The molecule has 3 heterocycles. The normalized spacial score (nSPS) is 36.1. The Morgan fingerprint density at radius 3 is 2.74 bits per heavy atom. The van der Waals surface area contributed by atoms with Crippen LogP contribution in [0.2, 0.25) is 0 Å². The number of carbonyl (C=O) groups excluding carboxylic acids is 2. The Hall–Kier alpha value is -1.58. The average Bonchev–Trinajstić information content (AvgIpc) is 2.70. The predicted octanol–water partition coefficient (Wildman–Crippen LogP) is -1.63. The van der Waals surface area contributed by atoms with Gasteiger partial charge in [0.1, 0.15) is 6.54 Å². The first-order valence-corrected chi connectivity index (χ1v) is 6.52. The van der Waals surface area contributed by atoms with Crippen LogP contribution >= 0.6 is 11.8 Å². The van der Waals surface area contributed by atoms with E-state index in [1.54, 1.807) is 0 Å². The van der Waals surface area contributed by atoms with Crippen molar-refractivity contribution in [3.05, 3.63) is 10.5 Å². The van der Waals surface area contributed by atoms with Crippen molar-refractivity contribution in [2.24, 2.45) is 0 Å². The van der Waals surface area contributed by atoms with Crippen LogP contribution in [0, 0.1) is 0 Å². The summed E-state index contributed by atoms with van der Waals surface area (Å²) < 4.78 is -0.910. The Balaban J connectivity index is 2.07. The van der Waals surface area contributed by atoms with Gasteiger partial charge in [-0.15, -0.1) is 11.8 Å². The predicted molar refractivity (Wildman–Crippen MR) is 59.5 cm³/mol. The number of carbonyl (C=O) groups is 3. The summed E-state index contributed by atoms with van der Waals surface area (Å²) in [6, 6.07) is -1.73. The van der Waals surface area contributed by atoms with Crippen molar-refractivity contribution < 1.29 is 34.2 Å². The highest BCUT2D eigenvalue weighted by Crippen LogP contribution is 2.52. The minimum Gasteiger partial charge on any atom is -0.498 e. The zero-order valence-corrected chi connectivity index (χ0v) is 10.4. The summed E-state index contributed by atoms with van der Waals surface area (Å²) >= 11 is 1.16. The molecule has 0 aliphatic carbocycles. The molecule has 0 aromatic carbocycles. The van der Waals surface area contributed by atoms with Crippen molar-refractivity contribution in [2.45, 2.75) is 12.1 Å². The van der Waals surface area contributed by atoms with E-state index in [0.717, 1.165) is 16.7 Å². The fourth-order valence-electron chi connectivity index (χ4n) is 3.06. The summed E-state index contributed by atoms with van der Waals surface area (Å²) in [7, 11) is 0. The van der Waals surface area contributed by atoms with Crippen LogP contribution in [-0.2, 0) is 4.79 Å². The standard InChI is InChI=1S/C10H10N2O6S/c13-2-4-1-12(10(17)18)6-5(8(12)14)11(9(15)16)3-19-7(4)6/h5-6,13H,1-3H2,(H-,15,16,17,18)/t5-,6-,12?/m0/s1. The zero-order chi connectivity index (χ0) is 13.9. The van der Waals surface area contributed by atoms with Crippen LogP contribution in [0.25, 0.3) is 0 Å². The van der Waals surface area contributed by atoms with Gasteiger partial charge in [-0.25, -0.2) is 9.59 Å². The van der Waals surface area contributed by atoms with Gasteiger partial charge in [-0.3, -0.25) is 4.90 Å². The molecule has 2 N–H and O–H groups in total. The molecule has 0 spiro atoms. The number of amides is 3. The third-order valence-electron chi connectivity index (χ3n) is 3.93. The molecule has 8 nitrogen and oxygen atoms in total. The summed E-state index contributed by atoms with van der Waals surface area (Å²) in [6.07, 6.45) is -2.79. The molecule has 0 aromatic rings. The number of rotatable bonds is 1. The number of hydrogen-bond acceptors (Lipinski definition) is 6. The van der Waals surface area contributed by atoms with Crippen molar-refractivity contribution >= 4 is 29.9 Å². The second-order valence-electron chi connectivity index (χ2n) is 4.67. The molecule has 3 aliphatic heterocycles. The second kappa shape index (κ2) is 3.71. The summed E-state index contributed by atoms with van der Waals surface area (Å²) in [4.78, 5) is 36.1. The fraction of sp³-hybridized carbons (Fsp3) is 0.500. The van der Waals surface area contributed by atoms with Gasteiger partial charge in [0.15, 0.2) is 6.04 Å². The third-order valence-corrected chi connectivity index (χ3v) is 5.18. The maximum absolute atomic E-state index is 12.1. The fourth-order valence-corrected chi connectivity index (χ4v) is 4.42.